The number of aliphatic imine (C=N–C) groups is 1. The molecule has 0 aliphatic carbocycles. The molecule has 1 rings (SSSR count). The molecule has 0 heterocycles. The van der Waals surface area contributed by atoms with E-state index in [0.717, 1.165) is 5.56 Å². The molecule has 1 aromatic carbocycles. The van der Waals surface area contributed by atoms with E-state index in [4.69, 9.17) is 11.6 Å². The third kappa shape index (κ3) is 7.09. The maximum absolute atomic E-state index is 13.1. The lowest BCUT2D eigenvalue weighted by Crippen LogP contribution is -2.42. The van der Waals surface area contributed by atoms with Crippen LogP contribution in [-0.2, 0) is 16.4 Å². The molecule has 22 heavy (non-hydrogen) atoms. The van der Waals surface area contributed by atoms with Gasteiger partial charge in [0.2, 0.25) is 0 Å². The van der Waals surface area contributed by atoms with Crippen molar-refractivity contribution in [3.63, 3.8) is 0 Å². The number of nitrogens with one attached hydrogen (secondary N) is 2. The Morgan fingerprint density at radius 3 is 2.68 bits per heavy atom. The second-order valence-corrected chi connectivity index (χ2v) is 7.81. The third-order valence-electron chi connectivity index (χ3n) is 2.97. The number of benzene rings is 1. The molecule has 0 bridgehead atoms. The molecule has 0 aromatic heterocycles. The molecule has 0 saturated carbocycles. The first-order valence-corrected chi connectivity index (χ1v) is 9.24. The van der Waals surface area contributed by atoms with Gasteiger partial charge in [-0.2, -0.15) is 0 Å². The van der Waals surface area contributed by atoms with E-state index in [1.165, 1.54) is 12.3 Å². The van der Waals surface area contributed by atoms with E-state index in [1.807, 2.05) is 6.92 Å². The van der Waals surface area contributed by atoms with E-state index < -0.39 is 15.7 Å². The Morgan fingerprint density at radius 1 is 1.45 bits per heavy atom. The average Bonchev–Trinajstić information content (AvgIpc) is 2.44. The molecule has 1 atom stereocenters. The van der Waals surface area contributed by atoms with Gasteiger partial charge in [-0.25, -0.2) is 12.8 Å². The molecule has 8 heteroatoms. The van der Waals surface area contributed by atoms with Crippen molar-refractivity contribution >= 4 is 27.4 Å². The van der Waals surface area contributed by atoms with Gasteiger partial charge < -0.3 is 10.6 Å². The van der Waals surface area contributed by atoms with Crippen molar-refractivity contribution < 1.29 is 12.8 Å². The van der Waals surface area contributed by atoms with Crippen LogP contribution in [0.5, 0.6) is 0 Å². The number of hydrogen-bond donors (Lipinski definition) is 2. The number of hydrogen-bond acceptors (Lipinski definition) is 3. The smallest absolute Gasteiger partial charge is 0.191 e. The normalized spacial score (nSPS) is 13.8. The maximum atomic E-state index is 13.1. The zero-order chi connectivity index (χ0) is 16.8. The molecular formula is C14H21ClFN3O2S. The van der Waals surface area contributed by atoms with Crippen molar-refractivity contribution in [3.05, 3.63) is 34.6 Å². The van der Waals surface area contributed by atoms with Crippen LogP contribution in [0.3, 0.4) is 0 Å². The molecule has 5 nitrogen and oxygen atoms in total. The molecule has 0 radical (unpaired) electrons. The minimum Gasteiger partial charge on any atom is -0.354 e. The average molecular weight is 350 g/mol. The largest absolute Gasteiger partial charge is 0.354 e. The van der Waals surface area contributed by atoms with Gasteiger partial charge in [0.05, 0.1) is 10.8 Å². The number of nitrogens with zero attached hydrogens (tertiary/aromatic N) is 1. The van der Waals surface area contributed by atoms with E-state index in [9.17, 15) is 12.8 Å². The van der Waals surface area contributed by atoms with Gasteiger partial charge in [-0.05, 0) is 31.0 Å². The Balaban J connectivity index is 2.50. The van der Waals surface area contributed by atoms with Gasteiger partial charge >= 0.3 is 0 Å². The van der Waals surface area contributed by atoms with Crippen molar-refractivity contribution in [2.75, 3.05) is 19.1 Å². The molecular weight excluding hydrogens is 329 g/mol. The lowest BCUT2D eigenvalue weighted by molar-refractivity contribution is 0.581. The first-order valence-electron chi connectivity index (χ1n) is 6.80. The quantitative estimate of drug-likeness (QED) is 0.608. The van der Waals surface area contributed by atoms with Crippen LogP contribution in [0.2, 0.25) is 5.02 Å². The van der Waals surface area contributed by atoms with E-state index in [0.29, 0.717) is 18.9 Å². The molecule has 2 N–H and O–H groups in total. The summed E-state index contributed by atoms with van der Waals surface area (Å²) in [6, 6.07) is 4.45. The van der Waals surface area contributed by atoms with Crippen LogP contribution in [0.1, 0.15) is 18.9 Å². The Bertz CT molecular complexity index is 635. The summed E-state index contributed by atoms with van der Waals surface area (Å²) in [7, 11) is -1.35. The predicted octanol–water partition coefficient (Wildman–Crippen LogP) is 1.97. The van der Waals surface area contributed by atoms with Crippen LogP contribution in [-0.4, -0.2) is 39.5 Å². The SMILES string of the molecule is CN=C(NCc1ccc(F)c(Cl)c1)NC(C)CCS(C)(=O)=O. The fourth-order valence-electron chi connectivity index (χ4n) is 1.73. The van der Waals surface area contributed by atoms with Crippen molar-refractivity contribution in [3.8, 4) is 0 Å². The maximum Gasteiger partial charge on any atom is 0.191 e. The lowest BCUT2D eigenvalue weighted by atomic mass is 10.2. The highest BCUT2D eigenvalue weighted by atomic mass is 35.5. The predicted molar refractivity (Wildman–Crippen MR) is 88.5 cm³/mol. The van der Waals surface area contributed by atoms with Gasteiger partial charge in [-0.15, -0.1) is 0 Å². The number of guanidine groups is 1. The first-order chi connectivity index (χ1) is 10.2. The van der Waals surface area contributed by atoms with Crippen LogP contribution in [0.25, 0.3) is 0 Å². The Morgan fingerprint density at radius 2 is 2.14 bits per heavy atom. The molecule has 0 amide bonds. The minimum atomic E-state index is -2.98. The Hall–Kier alpha value is -1.34. The fraction of sp³-hybridized carbons (Fsp3) is 0.500. The zero-order valence-electron chi connectivity index (χ0n) is 12.9. The number of halogens is 2. The molecule has 0 aliphatic rings. The van der Waals surface area contributed by atoms with Crippen LogP contribution in [0.15, 0.2) is 23.2 Å². The van der Waals surface area contributed by atoms with E-state index in [1.54, 1.807) is 19.2 Å². The summed E-state index contributed by atoms with van der Waals surface area (Å²) in [6.45, 7) is 2.31. The van der Waals surface area contributed by atoms with Crippen molar-refractivity contribution in [2.24, 2.45) is 4.99 Å². The van der Waals surface area contributed by atoms with Gasteiger partial charge in [0.15, 0.2) is 5.96 Å². The summed E-state index contributed by atoms with van der Waals surface area (Å²) in [6.07, 6.45) is 1.70. The van der Waals surface area contributed by atoms with Crippen LogP contribution in [0.4, 0.5) is 4.39 Å². The second kappa shape index (κ2) is 8.33. The summed E-state index contributed by atoms with van der Waals surface area (Å²) in [5.41, 5.74) is 0.818. The Labute approximate surface area is 135 Å². The highest BCUT2D eigenvalue weighted by Crippen LogP contribution is 2.15. The van der Waals surface area contributed by atoms with Crippen molar-refractivity contribution in [2.45, 2.75) is 25.9 Å². The Kier molecular flexibility index (Phi) is 7.09. The summed E-state index contributed by atoms with van der Waals surface area (Å²) < 4.78 is 35.4. The standard InChI is InChI=1S/C14H21ClFN3O2S/c1-10(6-7-22(3,20)21)19-14(17-2)18-9-11-4-5-13(16)12(15)8-11/h4-5,8,10H,6-7,9H2,1-3H3,(H2,17,18,19). The van der Waals surface area contributed by atoms with E-state index in [-0.39, 0.29) is 16.8 Å². The van der Waals surface area contributed by atoms with Crippen LogP contribution in [0, 0.1) is 5.82 Å². The third-order valence-corrected chi connectivity index (χ3v) is 4.24. The molecule has 124 valence electrons. The highest BCUT2D eigenvalue weighted by Gasteiger charge is 2.09. The van der Waals surface area contributed by atoms with Crippen molar-refractivity contribution in [1.82, 2.24) is 10.6 Å². The molecule has 0 fully saturated rings. The molecule has 0 aliphatic heterocycles. The zero-order valence-corrected chi connectivity index (χ0v) is 14.4. The summed E-state index contributed by atoms with van der Waals surface area (Å²) in [4.78, 5) is 4.07. The molecule has 0 spiro atoms. The second-order valence-electron chi connectivity index (χ2n) is 5.14. The van der Waals surface area contributed by atoms with Gasteiger partial charge in [-0.3, -0.25) is 4.99 Å². The molecule has 1 unspecified atom stereocenters. The number of rotatable bonds is 6. The van der Waals surface area contributed by atoms with E-state index >= 15 is 0 Å². The highest BCUT2D eigenvalue weighted by molar-refractivity contribution is 7.90. The minimum absolute atomic E-state index is 0.0438. The number of sulfone groups is 1. The lowest BCUT2D eigenvalue weighted by Gasteiger charge is -2.17. The fourth-order valence-corrected chi connectivity index (χ4v) is 2.71. The summed E-state index contributed by atoms with van der Waals surface area (Å²) in [5.74, 6) is 0.204. The monoisotopic (exact) mass is 349 g/mol. The molecule has 0 saturated heterocycles. The van der Waals surface area contributed by atoms with Gasteiger partial charge in [-0.1, -0.05) is 17.7 Å². The first kappa shape index (κ1) is 18.7. The van der Waals surface area contributed by atoms with Crippen LogP contribution >= 0.6 is 11.6 Å². The topological polar surface area (TPSA) is 70.6 Å². The summed E-state index contributed by atoms with van der Waals surface area (Å²) >= 11 is 5.73. The van der Waals surface area contributed by atoms with Gasteiger partial charge in [0, 0.05) is 25.9 Å². The van der Waals surface area contributed by atoms with Gasteiger partial charge in [0.25, 0.3) is 0 Å². The summed E-state index contributed by atoms with van der Waals surface area (Å²) in [5, 5.41) is 6.24. The van der Waals surface area contributed by atoms with Crippen molar-refractivity contribution in [1.29, 1.82) is 0 Å². The van der Waals surface area contributed by atoms with Crippen LogP contribution < -0.4 is 10.6 Å². The molecule has 1 aromatic rings. The van der Waals surface area contributed by atoms with E-state index in [2.05, 4.69) is 15.6 Å². The van der Waals surface area contributed by atoms with Gasteiger partial charge in [0.1, 0.15) is 15.7 Å².